The van der Waals surface area contributed by atoms with Gasteiger partial charge in [-0.25, -0.2) is 18.2 Å². The number of allylic oxidation sites excluding steroid dienone is 2. The third-order valence-electron chi connectivity index (χ3n) is 3.51. The number of rotatable bonds is 2. The molecule has 1 atom stereocenters. The second-order valence-corrected chi connectivity index (χ2v) is 4.67. The van der Waals surface area contributed by atoms with Gasteiger partial charge in [0.05, 0.1) is 0 Å². The van der Waals surface area contributed by atoms with Crippen LogP contribution in [0.25, 0.3) is 0 Å². The quantitative estimate of drug-likeness (QED) is 0.621. The molecular formula is C14H10F3N4+. The lowest BCUT2D eigenvalue weighted by Gasteiger charge is -2.31. The Morgan fingerprint density at radius 2 is 2.19 bits per heavy atom. The van der Waals surface area contributed by atoms with Crippen molar-refractivity contribution in [3.05, 3.63) is 53.6 Å². The molecule has 0 aliphatic carbocycles. The van der Waals surface area contributed by atoms with Crippen molar-refractivity contribution >= 4 is 11.9 Å². The van der Waals surface area contributed by atoms with E-state index in [2.05, 4.69) is 4.99 Å². The predicted molar refractivity (Wildman–Crippen MR) is 71.1 cm³/mol. The summed E-state index contributed by atoms with van der Waals surface area (Å²) >= 11 is 0. The van der Waals surface area contributed by atoms with Gasteiger partial charge in [0.1, 0.15) is 18.1 Å². The molecule has 0 fully saturated rings. The van der Waals surface area contributed by atoms with E-state index in [4.69, 9.17) is 0 Å². The van der Waals surface area contributed by atoms with E-state index in [1.807, 2.05) is 6.07 Å². The van der Waals surface area contributed by atoms with Crippen molar-refractivity contribution in [2.75, 3.05) is 13.5 Å². The maximum atomic E-state index is 14.2. The van der Waals surface area contributed by atoms with Crippen LogP contribution in [0.15, 0.2) is 47.0 Å². The molecule has 0 radical (unpaired) electrons. The van der Waals surface area contributed by atoms with Crippen molar-refractivity contribution in [3.8, 4) is 6.07 Å². The van der Waals surface area contributed by atoms with Crippen molar-refractivity contribution in [2.24, 2.45) is 4.99 Å². The lowest BCUT2D eigenvalue weighted by molar-refractivity contribution is 0.213. The third kappa shape index (κ3) is 1.84. The zero-order chi connectivity index (χ0) is 15.0. The fourth-order valence-electron chi connectivity index (χ4n) is 2.61. The Bertz CT molecular complexity index is 732. The molecule has 2 heterocycles. The Kier molecular flexibility index (Phi) is 3.03. The second-order valence-electron chi connectivity index (χ2n) is 4.67. The molecular weight excluding hydrogens is 281 g/mol. The number of hydrogen-bond donors (Lipinski definition) is 0. The molecule has 21 heavy (non-hydrogen) atoms. The number of fused-ring (bicyclic) bond motifs is 1. The molecule has 1 aromatic carbocycles. The highest BCUT2D eigenvalue weighted by Gasteiger charge is 2.48. The predicted octanol–water partition coefficient (Wildman–Crippen LogP) is 2.76. The summed E-state index contributed by atoms with van der Waals surface area (Å²) in [4.78, 5) is 5.27. The first-order valence-corrected chi connectivity index (χ1v) is 6.13. The molecule has 106 valence electrons. The minimum absolute atomic E-state index is 0.00881. The minimum atomic E-state index is -0.890. The number of halogens is 3. The van der Waals surface area contributed by atoms with Crippen LogP contribution >= 0.6 is 0 Å². The van der Waals surface area contributed by atoms with Gasteiger partial charge in [0.15, 0.2) is 25.0 Å². The minimum Gasteiger partial charge on any atom is -0.280 e. The van der Waals surface area contributed by atoms with Crippen LogP contribution in [-0.2, 0) is 0 Å². The monoisotopic (exact) mass is 291 g/mol. The van der Waals surface area contributed by atoms with Crippen molar-refractivity contribution in [2.45, 2.75) is 0 Å². The van der Waals surface area contributed by atoms with Crippen molar-refractivity contribution < 1.29 is 13.2 Å². The SMILES string of the molecule is N#CC1=C2N=CC=C[N+]2(c2ccc(F)cc2F)CN1CF. The number of quaternary nitrogens is 1. The molecule has 0 bridgehead atoms. The van der Waals surface area contributed by atoms with Gasteiger partial charge in [0.2, 0.25) is 5.70 Å². The molecule has 0 saturated carbocycles. The molecule has 4 nitrogen and oxygen atoms in total. The molecule has 1 aromatic rings. The summed E-state index contributed by atoms with van der Waals surface area (Å²) in [7, 11) is 0. The van der Waals surface area contributed by atoms with E-state index in [1.165, 1.54) is 17.2 Å². The van der Waals surface area contributed by atoms with Gasteiger partial charge in [-0.05, 0) is 6.07 Å². The van der Waals surface area contributed by atoms with Crippen LogP contribution in [-0.4, -0.2) is 24.6 Å². The fourth-order valence-corrected chi connectivity index (χ4v) is 2.61. The Labute approximate surface area is 118 Å². The molecule has 1 unspecified atom stereocenters. The fraction of sp³-hybridized carbons (Fsp3) is 0.143. The highest BCUT2D eigenvalue weighted by molar-refractivity contribution is 5.77. The molecule has 0 N–H and O–H groups in total. The average molecular weight is 291 g/mol. The van der Waals surface area contributed by atoms with E-state index in [-0.39, 0.29) is 28.4 Å². The maximum absolute atomic E-state index is 14.2. The van der Waals surface area contributed by atoms with Crippen molar-refractivity contribution in [3.63, 3.8) is 0 Å². The second kappa shape index (κ2) is 4.75. The Morgan fingerprint density at radius 3 is 2.86 bits per heavy atom. The third-order valence-corrected chi connectivity index (χ3v) is 3.51. The molecule has 0 spiro atoms. The van der Waals surface area contributed by atoms with Crippen LogP contribution in [0.2, 0.25) is 0 Å². The van der Waals surface area contributed by atoms with Gasteiger partial charge < -0.3 is 0 Å². The number of hydrogen-bond acceptors (Lipinski definition) is 3. The van der Waals surface area contributed by atoms with Crippen LogP contribution in [0.1, 0.15) is 0 Å². The van der Waals surface area contributed by atoms with E-state index >= 15 is 0 Å². The van der Waals surface area contributed by atoms with Crippen molar-refractivity contribution in [1.82, 2.24) is 9.38 Å². The molecule has 2 aliphatic rings. The number of aliphatic imine (C=N–C) groups is 1. The van der Waals surface area contributed by atoms with Crippen LogP contribution in [0.3, 0.4) is 0 Å². The van der Waals surface area contributed by atoms with Gasteiger partial charge in [0, 0.05) is 24.4 Å². The molecule has 0 amide bonds. The van der Waals surface area contributed by atoms with Crippen LogP contribution in [0.4, 0.5) is 18.9 Å². The summed E-state index contributed by atoms with van der Waals surface area (Å²) in [5.41, 5.74) is 0.157. The molecule has 3 rings (SSSR count). The van der Waals surface area contributed by atoms with Gasteiger partial charge in [-0.15, -0.1) is 0 Å². The largest absolute Gasteiger partial charge is 0.280 e. The summed E-state index contributed by atoms with van der Waals surface area (Å²) < 4.78 is 40.1. The number of nitrogens with zero attached hydrogens (tertiary/aromatic N) is 4. The smallest absolute Gasteiger partial charge is 0.274 e. The first kappa shape index (κ1) is 13.4. The zero-order valence-corrected chi connectivity index (χ0v) is 10.8. The van der Waals surface area contributed by atoms with E-state index < -0.39 is 18.4 Å². The number of nitriles is 1. The molecule has 0 aromatic heterocycles. The average Bonchev–Trinajstić information content (AvgIpc) is 2.81. The van der Waals surface area contributed by atoms with Crippen LogP contribution < -0.4 is 4.48 Å². The lowest BCUT2D eigenvalue weighted by atomic mass is 10.2. The molecule has 0 saturated heterocycles. The number of alkyl halides is 1. The van der Waals surface area contributed by atoms with E-state index in [0.29, 0.717) is 0 Å². The van der Waals surface area contributed by atoms with Crippen molar-refractivity contribution in [1.29, 1.82) is 5.26 Å². The summed E-state index contributed by atoms with van der Waals surface area (Å²) in [6.07, 6.45) is 4.64. The van der Waals surface area contributed by atoms with Gasteiger partial charge >= 0.3 is 0 Å². The van der Waals surface area contributed by atoms with Gasteiger partial charge in [-0.3, -0.25) is 4.90 Å². The normalized spacial score (nSPS) is 23.4. The molecule has 7 heteroatoms. The lowest BCUT2D eigenvalue weighted by Crippen LogP contribution is -2.45. The zero-order valence-electron chi connectivity index (χ0n) is 10.8. The first-order valence-electron chi connectivity index (χ1n) is 6.13. The van der Waals surface area contributed by atoms with Crippen LogP contribution in [0, 0.1) is 23.0 Å². The van der Waals surface area contributed by atoms with Gasteiger partial charge in [-0.2, -0.15) is 9.74 Å². The highest BCUT2D eigenvalue weighted by atomic mass is 19.1. The summed E-state index contributed by atoms with van der Waals surface area (Å²) in [5, 5.41) is 9.20. The Morgan fingerprint density at radius 1 is 1.38 bits per heavy atom. The van der Waals surface area contributed by atoms with E-state index in [0.717, 1.165) is 12.1 Å². The topological polar surface area (TPSA) is 39.4 Å². The maximum Gasteiger partial charge on any atom is 0.274 e. The van der Waals surface area contributed by atoms with Crippen LogP contribution in [0.5, 0.6) is 0 Å². The Balaban J connectivity index is 2.24. The van der Waals surface area contributed by atoms with Gasteiger partial charge in [0.25, 0.3) is 5.82 Å². The Hall–Kier alpha value is -2.59. The highest BCUT2D eigenvalue weighted by Crippen LogP contribution is 2.41. The standard InChI is InChI=1S/C14H10F3N4/c15-8-20-9-21(13-3-2-10(16)6-11(13)17)5-1-4-19-14(21)12(20)7-18/h1-6H,8-9H2/q+1. The summed E-state index contributed by atoms with van der Waals surface area (Å²) in [6.45, 7) is -0.899. The van der Waals surface area contributed by atoms with E-state index in [9.17, 15) is 18.4 Å². The summed E-state index contributed by atoms with van der Waals surface area (Å²) in [5.74, 6) is -1.25. The van der Waals surface area contributed by atoms with E-state index in [1.54, 1.807) is 12.3 Å². The number of benzene rings is 1. The first-order chi connectivity index (χ1) is 10.1. The summed E-state index contributed by atoms with van der Waals surface area (Å²) in [6, 6.07) is 5.06. The molecule has 2 aliphatic heterocycles. The van der Waals surface area contributed by atoms with Gasteiger partial charge in [-0.1, -0.05) is 0 Å².